The maximum Gasteiger partial charge on any atom is 0.344 e. The fraction of sp³-hybridized carbons (Fsp3) is 0.278. The standard InChI is InChI=1S/C18H19F2NO5S2/c1-2-25-17(22)12-26-18-15(19)10-13(11-16(18)20)27-9-8-21-28(23,24)14-6-4-3-5-7-14/h3-7,10-11,21H,2,8-9,12H2,1H3. The normalized spacial score (nSPS) is 11.2. The van der Waals surface area contributed by atoms with Gasteiger partial charge in [-0.05, 0) is 31.2 Å². The lowest BCUT2D eigenvalue weighted by atomic mass is 10.3. The number of ether oxygens (including phenoxy) is 2. The molecule has 0 aliphatic rings. The Labute approximate surface area is 166 Å². The van der Waals surface area contributed by atoms with Crippen molar-refractivity contribution in [2.45, 2.75) is 16.7 Å². The average molecular weight is 431 g/mol. The van der Waals surface area contributed by atoms with Crippen LogP contribution in [0.15, 0.2) is 52.3 Å². The molecule has 2 aromatic rings. The van der Waals surface area contributed by atoms with Crippen LogP contribution in [0.2, 0.25) is 0 Å². The lowest BCUT2D eigenvalue weighted by Crippen LogP contribution is -2.25. The van der Waals surface area contributed by atoms with Gasteiger partial charge in [-0.2, -0.15) is 0 Å². The van der Waals surface area contributed by atoms with E-state index >= 15 is 0 Å². The molecule has 2 aromatic carbocycles. The van der Waals surface area contributed by atoms with Gasteiger partial charge in [0.2, 0.25) is 10.0 Å². The monoisotopic (exact) mass is 431 g/mol. The Morgan fingerprint density at radius 2 is 1.79 bits per heavy atom. The predicted molar refractivity (Wildman–Crippen MR) is 101 cm³/mol. The predicted octanol–water partition coefficient (Wildman–Crippen LogP) is 2.98. The van der Waals surface area contributed by atoms with Crippen LogP contribution < -0.4 is 9.46 Å². The van der Waals surface area contributed by atoms with Gasteiger partial charge in [-0.25, -0.2) is 26.7 Å². The molecule has 28 heavy (non-hydrogen) atoms. The summed E-state index contributed by atoms with van der Waals surface area (Å²) in [6.07, 6.45) is 0. The van der Waals surface area contributed by atoms with Crippen molar-refractivity contribution in [3.63, 3.8) is 0 Å². The van der Waals surface area contributed by atoms with Crippen LogP contribution in [0.1, 0.15) is 6.92 Å². The van der Waals surface area contributed by atoms with Crippen LogP contribution in [-0.4, -0.2) is 39.9 Å². The Balaban J connectivity index is 1.88. The van der Waals surface area contributed by atoms with Crippen LogP contribution in [0.3, 0.4) is 0 Å². The minimum Gasteiger partial charge on any atom is -0.476 e. The Hall–Kier alpha value is -2.17. The molecule has 0 saturated heterocycles. The highest BCUT2D eigenvalue weighted by molar-refractivity contribution is 7.99. The zero-order valence-corrected chi connectivity index (χ0v) is 16.6. The summed E-state index contributed by atoms with van der Waals surface area (Å²) in [5.41, 5.74) is 0. The van der Waals surface area contributed by atoms with Gasteiger partial charge in [-0.15, -0.1) is 11.8 Å². The van der Waals surface area contributed by atoms with Crippen LogP contribution in [0.25, 0.3) is 0 Å². The third kappa shape index (κ3) is 6.47. The number of halogens is 2. The van der Waals surface area contributed by atoms with Gasteiger partial charge in [0.05, 0.1) is 11.5 Å². The number of thioether (sulfide) groups is 1. The number of sulfonamides is 1. The fourth-order valence-corrected chi connectivity index (χ4v) is 4.12. The van der Waals surface area contributed by atoms with E-state index in [1.807, 2.05) is 0 Å². The van der Waals surface area contributed by atoms with E-state index in [1.165, 1.54) is 12.1 Å². The van der Waals surface area contributed by atoms with E-state index < -0.39 is 40.0 Å². The number of nitrogens with one attached hydrogen (secondary N) is 1. The number of benzene rings is 2. The molecule has 0 aliphatic carbocycles. The van der Waals surface area contributed by atoms with Crippen LogP contribution in [-0.2, 0) is 19.6 Å². The van der Waals surface area contributed by atoms with Crippen LogP contribution in [0.5, 0.6) is 5.75 Å². The van der Waals surface area contributed by atoms with Gasteiger partial charge in [0.1, 0.15) is 0 Å². The SMILES string of the molecule is CCOC(=O)COc1c(F)cc(SCCNS(=O)(=O)c2ccccc2)cc1F. The van der Waals surface area contributed by atoms with E-state index in [0.29, 0.717) is 0 Å². The van der Waals surface area contributed by atoms with Crippen molar-refractivity contribution in [3.05, 3.63) is 54.1 Å². The zero-order chi connectivity index (χ0) is 20.6. The van der Waals surface area contributed by atoms with Crippen molar-refractivity contribution >= 4 is 27.8 Å². The fourth-order valence-electron chi connectivity index (χ4n) is 2.12. The van der Waals surface area contributed by atoms with Crippen molar-refractivity contribution in [1.29, 1.82) is 0 Å². The maximum atomic E-state index is 14.0. The number of carbonyl (C=O) groups is 1. The van der Waals surface area contributed by atoms with E-state index in [1.54, 1.807) is 25.1 Å². The molecule has 0 spiro atoms. The topological polar surface area (TPSA) is 81.7 Å². The highest BCUT2D eigenvalue weighted by Crippen LogP contribution is 2.28. The first-order chi connectivity index (χ1) is 13.3. The average Bonchev–Trinajstić information content (AvgIpc) is 2.65. The van der Waals surface area contributed by atoms with E-state index in [-0.39, 0.29) is 28.7 Å². The summed E-state index contributed by atoms with van der Waals surface area (Å²) in [5, 5.41) is 0. The Kier molecular flexibility index (Phi) is 8.21. The van der Waals surface area contributed by atoms with Crippen molar-refractivity contribution in [1.82, 2.24) is 4.72 Å². The summed E-state index contributed by atoms with van der Waals surface area (Å²) in [4.78, 5) is 11.6. The second-order valence-electron chi connectivity index (χ2n) is 5.37. The first-order valence-electron chi connectivity index (χ1n) is 8.28. The van der Waals surface area contributed by atoms with Gasteiger partial charge in [-0.3, -0.25) is 0 Å². The number of carbonyl (C=O) groups excluding carboxylic acids is 1. The van der Waals surface area contributed by atoms with Gasteiger partial charge in [0, 0.05) is 17.2 Å². The van der Waals surface area contributed by atoms with Gasteiger partial charge < -0.3 is 9.47 Å². The van der Waals surface area contributed by atoms with E-state index in [9.17, 15) is 22.0 Å². The molecule has 152 valence electrons. The third-order valence-electron chi connectivity index (χ3n) is 3.33. The van der Waals surface area contributed by atoms with Gasteiger partial charge in [-0.1, -0.05) is 18.2 Å². The number of hydrogen-bond acceptors (Lipinski definition) is 6. The smallest absolute Gasteiger partial charge is 0.344 e. The summed E-state index contributed by atoms with van der Waals surface area (Å²) in [7, 11) is -3.63. The highest BCUT2D eigenvalue weighted by atomic mass is 32.2. The van der Waals surface area contributed by atoms with E-state index in [0.717, 1.165) is 23.9 Å². The van der Waals surface area contributed by atoms with Gasteiger partial charge >= 0.3 is 5.97 Å². The summed E-state index contributed by atoms with van der Waals surface area (Å²) < 4.78 is 64.1. The first-order valence-corrected chi connectivity index (χ1v) is 10.8. The summed E-state index contributed by atoms with van der Waals surface area (Å²) in [6, 6.07) is 9.98. The lowest BCUT2D eigenvalue weighted by molar-refractivity contribution is -0.145. The van der Waals surface area contributed by atoms with E-state index in [2.05, 4.69) is 9.46 Å². The molecular weight excluding hydrogens is 412 g/mol. The molecule has 0 heterocycles. The van der Waals surface area contributed by atoms with Crippen molar-refractivity contribution < 1.29 is 31.5 Å². The summed E-state index contributed by atoms with van der Waals surface area (Å²) in [6.45, 7) is 1.21. The van der Waals surface area contributed by atoms with Crippen molar-refractivity contribution in [2.24, 2.45) is 0 Å². The molecule has 2 rings (SSSR count). The van der Waals surface area contributed by atoms with Crippen molar-refractivity contribution in [3.8, 4) is 5.75 Å². The molecular formula is C18H19F2NO5S2. The molecule has 0 aliphatic heterocycles. The second kappa shape index (κ2) is 10.4. The molecule has 0 atom stereocenters. The molecule has 1 N–H and O–H groups in total. The summed E-state index contributed by atoms with van der Waals surface area (Å²) >= 11 is 1.07. The Morgan fingerprint density at radius 1 is 1.14 bits per heavy atom. The van der Waals surface area contributed by atoms with Crippen LogP contribution in [0, 0.1) is 11.6 Å². The molecule has 0 aromatic heterocycles. The zero-order valence-electron chi connectivity index (χ0n) is 15.0. The molecule has 6 nitrogen and oxygen atoms in total. The van der Waals surface area contributed by atoms with Crippen LogP contribution >= 0.6 is 11.8 Å². The Morgan fingerprint density at radius 3 is 2.39 bits per heavy atom. The number of esters is 1. The number of rotatable bonds is 10. The number of hydrogen-bond donors (Lipinski definition) is 1. The lowest BCUT2D eigenvalue weighted by Gasteiger charge is -2.10. The van der Waals surface area contributed by atoms with E-state index in [4.69, 9.17) is 4.74 Å². The second-order valence-corrected chi connectivity index (χ2v) is 8.30. The van der Waals surface area contributed by atoms with Gasteiger partial charge in [0.25, 0.3) is 0 Å². The molecule has 0 amide bonds. The van der Waals surface area contributed by atoms with Crippen molar-refractivity contribution in [2.75, 3.05) is 25.5 Å². The summed E-state index contributed by atoms with van der Waals surface area (Å²) in [5.74, 6) is -3.06. The molecule has 0 saturated carbocycles. The molecule has 0 bridgehead atoms. The highest BCUT2D eigenvalue weighted by Gasteiger charge is 2.16. The molecule has 0 fully saturated rings. The Bertz CT molecular complexity index is 884. The van der Waals surface area contributed by atoms with Crippen LogP contribution in [0.4, 0.5) is 8.78 Å². The minimum absolute atomic E-state index is 0.0756. The first kappa shape index (κ1) is 22.1. The maximum absolute atomic E-state index is 14.0. The molecule has 0 unspecified atom stereocenters. The third-order valence-corrected chi connectivity index (χ3v) is 5.78. The van der Waals surface area contributed by atoms with Gasteiger partial charge in [0.15, 0.2) is 24.0 Å². The quantitative estimate of drug-likeness (QED) is 0.354. The molecule has 0 radical (unpaired) electrons. The minimum atomic E-state index is -3.63. The largest absolute Gasteiger partial charge is 0.476 e. The molecule has 10 heteroatoms.